The van der Waals surface area contributed by atoms with E-state index in [1.165, 1.54) is 0 Å². The maximum Gasteiger partial charge on any atom is 0.270 e. The van der Waals surface area contributed by atoms with Crippen LogP contribution in [0.25, 0.3) is 10.2 Å². The number of carbonyl (C=O) groups is 1. The first-order chi connectivity index (χ1) is 11.2. The molecule has 2 aromatic heterocycles. The summed E-state index contributed by atoms with van der Waals surface area (Å²) in [4.78, 5) is 14.8. The Balaban J connectivity index is 1.75. The summed E-state index contributed by atoms with van der Waals surface area (Å²) in [6.45, 7) is 2.40. The van der Waals surface area contributed by atoms with Crippen molar-refractivity contribution in [2.24, 2.45) is 0 Å². The molecule has 5 heteroatoms. The monoisotopic (exact) mass is 344 g/mol. The molecule has 0 N–H and O–H groups in total. The maximum atomic E-state index is 12.9. The van der Waals surface area contributed by atoms with E-state index in [4.69, 9.17) is 11.6 Å². The van der Waals surface area contributed by atoms with Gasteiger partial charge in [-0.25, -0.2) is 0 Å². The predicted octanol–water partition coefficient (Wildman–Crippen LogP) is 4.64. The molecule has 0 radical (unpaired) electrons. The SMILES string of the molecule is O=C(c1cc2sccc2n1Cc1cccc(Cl)c1)N1CCCC1. The van der Waals surface area contributed by atoms with E-state index in [2.05, 4.69) is 16.0 Å². The molecule has 1 aromatic carbocycles. The van der Waals surface area contributed by atoms with Crippen molar-refractivity contribution in [3.8, 4) is 0 Å². The molecule has 0 bridgehead atoms. The average Bonchev–Trinajstić information content (AvgIpc) is 3.25. The topological polar surface area (TPSA) is 25.2 Å². The molecule has 3 aromatic rings. The first-order valence-electron chi connectivity index (χ1n) is 7.83. The summed E-state index contributed by atoms with van der Waals surface area (Å²) >= 11 is 7.78. The lowest BCUT2D eigenvalue weighted by atomic mass is 10.2. The zero-order valence-corrected chi connectivity index (χ0v) is 14.2. The first kappa shape index (κ1) is 14.8. The molecule has 1 saturated heterocycles. The molecule has 1 aliphatic heterocycles. The second-order valence-corrected chi connectivity index (χ2v) is 7.30. The van der Waals surface area contributed by atoms with Crippen LogP contribution in [0.5, 0.6) is 0 Å². The third kappa shape index (κ3) is 2.77. The van der Waals surface area contributed by atoms with Gasteiger partial charge in [-0.2, -0.15) is 0 Å². The standard InChI is InChI=1S/C18H17ClN2OS/c19-14-5-3-4-13(10-14)12-21-15-6-9-23-17(15)11-16(21)18(22)20-7-1-2-8-20/h3-6,9-11H,1-2,7-8,12H2. The van der Waals surface area contributed by atoms with Crippen LogP contribution in [0.1, 0.15) is 28.9 Å². The smallest absolute Gasteiger partial charge is 0.270 e. The zero-order valence-electron chi connectivity index (χ0n) is 12.7. The molecule has 1 amide bonds. The summed E-state index contributed by atoms with van der Waals surface area (Å²) in [7, 11) is 0. The molecule has 3 heterocycles. The molecular weight excluding hydrogens is 328 g/mol. The van der Waals surface area contributed by atoms with Gasteiger partial charge in [-0.15, -0.1) is 11.3 Å². The average molecular weight is 345 g/mol. The van der Waals surface area contributed by atoms with Gasteiger partial charge in [0.15, 0.2) is 0 Å². The lowest BCUT2D eigenvalue weighted by Gasteiger charge is -2.17. The van der Waals surface area contributed by atoms with Gasteiger partial charge in [0.05, 0.1) is 10.2 Å². The van der Waals surface area contributed by atoms with Crippen LogP contribution in [-0.4, -0.2) is 28.5 Å². The molecule has 0 saturated carbocycles. The van der Waals surface area contributed by atoms with Crippen molar-refractivity contribution in [2.75, 3.05) is 13.1 Å². The quantitative estimate of drug-likeness (QED) is 0.679. The van der Waals surface area contributed by atoms with Gasteiger partial charge in [0.1, 0.15) is 5.69 Å². The van der Waals surface area contributed by atoms with E-state index in [9.17, 15) is 4.79 Å². The summed E-state index contributed by atoms with van der Waals surface area (Å²) in [6.07, 6.45) is 2.21. The molecule has 1 fully saturated rings. The van der Waals surface area contributed by atoms with Crippen LogP contribution < -0.4 is 0 Å². The van der Waals surface area contributed by atoms with Crippen LogP contribution in [0.3, 0.4) is 0 Å². The third-order valence-corrected chi connectivity index (χ3v) is 5.45. The van der Waals surface area contributed by atoms with Crippen LogP contribution in [0.4, 0.5) is 0 Å². The minimum atomic E-state index is 0.146. The van der Waals surface area contributed by atoms with Crippen LogP contribution in [-0.2, 0) is 6.54 Å². The van der Waals surface area contributed by atoms with Crippen molar-refractivity contribution in [3.63, 3.8) is 0 Å². The number of fused-ring (bicyclic) bond motifs is 1. The summed E-state index contributed by atoms with van der Waals surface area (Å²) in [6, 6.07) is 12.0. The molecule has 0 atom stereocenters. The van der Waals surface area contributed by atoms with E-state index in [-0.39, 0.29) is 5.91 Å². The van der Waals surface area contributed by atoms with Crippen LogP contribution in [0, 0.1) is 0 Å². The van der Waals surface area contributed by atoms with Crippen LogP contribution in [0.2, 0.25) is 5.02 Å². The summed E-state index contributed by atoms with van der Waals surface area (Å²) in [5.41, 5.74) is 3.02. The van der Waals surface area contributed by atoms with Gasteiger partial charge >= 0.3 is 0 Å². The number of hydrogen-bond donors (Lipinski definition) is 0. The van der Waals surface area contributed by atoms with Gasteiger partial charge in [-0.1, -0.05) is 23.7 Å². The highest BCUT2D eigenvalue weighted by Crippen LogP contribution is 2.28. The van der Waals surface area contributed by atoms with E-state index < -0.39 is 0 Å². The van der Waals surface area contributed by atoms with Gasteiger partial charge in [-0.05, 0) is 48.1 Å². The number of benzene rings is 1. The van der Waals surface area contributed by atoms with E-state index in [0.717, 1.165) is 52.4 Å². The Morgan fingerprint density at radius 3 is 2.78 bits per heavy atom. The maximum absolute atomic E-state index is 12.9. The minimum absolute atomic E-state index is 0.146. The molecule has 0 spiro atoms. The number of aromatic nitrogens is 1. The van der Waals surface area contributed by atoms with Crippen LogP contribution >= 0.6 is 22.9 Å². The number of hydrogen-bond acceptors (Lipinski definition) is 2. The summed E-state index contributed by atoms with van der Waals surface area (Å²) in [5.74, 6) is 0.146. The van der Waals surface area contributed by atoms with Gasteiger partial charge in [0.25, 0.3) is 5.91 Å². The molecule has 0 unspecified atom stereocenters. The first-order valence-corrected chi connectivity index (χ1v) is 9.08. The molecule has 3 nitrogen and oxygen atoms in total. The second kappa shape index (κ2) is 6.02. The Hall–Kier alpha value is -1.78. The Bertz CT molecular complexity index is 861. The third-order valence-electron chi connectivity index (χ3n) is 4.36. The van der Waals surface area contributed by atoms with Crippen molar-refractivity contribution in [1.82, 2.24) is 9.47 Å². The van der Waals surface area contributed by atoms with Crippen molar-refractivity contribution in [1.29, 1.82) is 0 Å². The Labute approximate surface area is 144 Å². The van der Waals surface area contributed by atoms with Gasteiger partial charge in [-0.3, -0.25) is 4.79 Å². The molecule has 4 rings (SSSR count). The van der Waals surface area contributed by atoms with Crippen molar-refractivity contribution in [3.05, 3.63) is 58.1 Å². The highest BCUT2D eigenvalue weighted by Gasteiger charge is 2.24. The number of rotatable bonds is 3. The number of likely N-dealkylation sites (tertiary alicyclic amines) is 1. The zero-order chi connectivity index (χ0) is 15.8. The summed E-state index contributed by atoms with van der Waals surface area (Å²) in [5, 5.41) is 2.80. The second-order valence-electron chi connectivity index (χ2n) is 5.92. The Kier molecular flexibility index (Phi) is 3.87. The number of thiophene rings is 1. The number of nitrogens with zero attached hydrogens (tertiary/aromatic N) is 2. The van der Waals surface area contributed by atoms with Crippen molar-refractivity contribution in [2.45, 2.75) is 19.4 Å². The van der Waals surface area contributed by atoms with E-state index in [1.54, 1.807) is 11.3 Å². The van der Waals surface area contributed by atoms with Crippen LogP contribution in [0.15, 0.2) is 41.8 Å². The number of amides is 1. The molecule has 23 heavy (non-hydrogen) atoms. The number of carbonyl (C=O) groups excluding carboxylic acids is 1. The largest absolute Gasteiger partial charge is 0.337 e. The normalized spacial score (nSPS) is 14.7. The fraction of sp³-hybridized carbons (Fsp3) is 0.278. The van der Waals surface area contributed by atoms with Crippen molar-refractivity contribution < 1.29 is 4.79 Å². The van der Waals surface area contributed by atoms with E-state index in [0.29, 0.717) is 6.54 Å². The molecule has 0 aliphatic carbocycles. The Morgan fingerprint density at radius 1 is 1.17 bits per heavy atom. The fourth-order valence-electron chi connectivity index (χ4n) is 3.22. The van der Waals surface area contributed by atoms with Gasteiger partial charge in [0.2, 0.25) is 0 Å². The highest BCUT2D eigenvalue weighted by molar-refractivity contribution is 7.17. The van der Waals surface area contributed by atoms with E-state index >= 15 is 0 Å². The van der Waals surface area contributed by atoms with Gasteiger partial charge in [0, 0.05) is 24.7 Å². The Morgan fingerprint density at radius 2 is 2.00 bits per heavy atom. The molecule has 1 aliphatic rings. The number of halogens is 1. The van der Waals surface area contributed by atoms with E-state index in [1.807, 2.05) is 35.2 Å². The van der Waals surface area contributed by atoms with Crippen molar-refractivity contribution >= 4 is 39.1 Å². The summed E-state index contributed by atoms with van der Waals surface area (Å²) < 4.78 is 3.28. The highest BCUT2D eigenvalue weighted by atomic mass is 35.5. The predicted molar refractivity (Wildman–Crippen MR) is 95.5 cm³/mol. The lowest BCUT2D eigenvalue weighted by Crippen LogP contribution is -2.29. The fourth-order valence-corrected chi connectivity index (χ4v) is 4.26. The minimum Gasteiger partial charge on any atom is -0.337 e. The molecule has 118 valence electrons. The van der Waals surface area contributed by atoms with Gasteiger partial charge < -0.3 is 9.47 Å². The lowest BCUT2D eigenvalue weighted by molar-refractivity contribution is 0.0783. The molecular formula is C18H17ClN2OS.